The number of halogens is 1. The molecule has 0 atom stereocenters. The minimum absolute atomic E-state index is 0.266. The average Bonchev–Trinajstić information content (AvgIpc) is 2.78. The summed E-state index contributed by atoms with van der Waals surface area (Å²) in [5.74, 6) is 0.420. The van der Waals surface area contributed by atoms with E-state index in [1.54, 1.807) is 12.1 Å². The maximum absolute atomic E-state index is 12.9. The van der Waals surface area contributed by atoms with Gasteiger partial charge in [0, 0.05) is 5.41 Å². The number of aldehydes is 1. The number of aromatic amines is 1. The van der Waals surface area contributed by atoms with Gasteiger partial charge < -0.3 is 4.98 Å². The van der Waals surface area contributed by atoms with E-state index in [0.29, 0.717) is 11.5 Å². The molecule has 2 aromatic rings. The Hall–Kier alpha value is -1.97. The van der Waals surface area contributed by atoms with Gasteiger partial charge in [0.25, 0.3) is 0 Å². The van der Waals surface area contributed by atoms with Crippen molar-refractivity contribution in [2.45, 2.75) is 19.3 Å². The third-order valence-corrected chi connectivity index (χ3v) is 2.88. The van der Waals surface area contributed by atoms with Crippen molar-refractivity contribution in [3.63, 3.8) is 0 Å². The molecule has 0 amide bonds. The van der Waals surface area contributed by atoms with E-state index in [0.717, 1.165) is 11.8 Å². The van der Waals surface area contributed by atoms with Gasteiger partial charge in [0.2, 0.25) is 0 Å². The van der Waals surface area contributed by atoms with Crippen LogP contribution in [0.1, 0.15) is 35.7 Å². The number of nitrogens with one attached hydrogen (secondary N) is 1. The van der Waals surface area contributed by atoms with Crippen LogP contribution >= 0.6 is 0 Å². The first-order valence-electron chi connectivity index (χ1n) is 5.31. The summed E-state index contributed by atoms with van der Waals surface area (Å²) >= 11 is 0. The van der Waals surface area contributed by atoms with Gasteiger partial charge in [0.1, 0.15) is 11.6 Å². The van der Waals surface area contributed by atoms with Crippen LogP contribution < -0.4 is 0 Å². The zero-order chi connectivity index (χ0) is 12.5. The summed E-state index contributed by atoms with van der Waals surface area (Å²) in [5, 5.41) is 0. The number of carbonyl (C=O) groups is 1. The monoisotopic (exact) mass is 232 g/mol. The van der Waals surface area contributed by atoms with Gasteiger partial charge in [-0.2, -0.15) is 0 Å². The van der Waals surface area contributed by atoms with Gasteiger partial charge in [-0.25, -0.2) is 9.37 Å². The molecule has 0 spiro atoms. The first-order valence-corrected chi connectivity index (χ1v) is 5.31. The molecule has 4 heteroatoms. The lowest BCUT2D eigenvalue weighted by molar-refractivity contribution is 0.111. The molecular formula is C13H13FN2O. The van der Waals surface area contributed by atoms with Crippen LogP contribution in [0.25, 0.3) is 0 Å². The number of H-pyrrole nitrogens is 1. The van der Waals surface area contributed by atoms with Gasteiger partial charge in [-0.15, -0.1) is 0 Å². The number of hydrogen-bond acceptors (Lipinski definition) is 2. The van der Waals surface area contributed by atoms with E-state index >= 15 is 0 Å². The van der Waals surface area contributed by atoms with Gasteiger partial charge in [0.05, 0.1) is 11.9 Å². The average molecular weight is 232 g/mol. The molecule has 88 valence electrons. The number of imidazole rings is 1. The summed E-state index contributed by atoms with van der Waals surface area (Å²) in [6, 6.07) is 6.28. The minimum Gasteiger partial charge on any atom is -0.339 e. The lowest BCUT2D eigenvalue weighted by Gasteiger charge is -2.22. The van der Waals surface area contributed by atoms with Crippen molar-refractivity contribution < 1.29 is 9.18 Å². The molecule has 0 saturated heterocycles. The summed E-state index contributed by atoms with van der Waals surface area (Å²) in [4.78, 5) is 17.7. The Morgan fingerprint density at radius 1 is 1.29 bits per heavy atom. The predicted octanol–water partition coefficient (Wildman–Crippen LogP) is 2.69. The van der Waals surface area contributed by atoms with E-state index in [4.69, 9.17) is 0 Å². The molecule has 17 heavy (non-hydrogen) atoms. The topological polar surface area (TPSA) is 45.8 Å². The first kappa shape index (κ1) is 11.5. The van der Waals surface area contributed by atoms with Crippen molar-refractivity contribution in [2.24, 2.45) is 0 Å². The molecule has 0 unspecified atom stereocenters. The van der Waals surface area contributed by atoms with E-state index in [-0.39, 0.29) is 5.82 Å². The summed E-state index contributed by atoms with van der Waals surface area (Å²) in [6.45, 7) is 3.93. The lowest BCUT2D eigenvalue weighted by Crippen LogP contribution is -2.20. The Balaban J connectivity index is 2.41. The molecule has 0 aliphatic carbocycles. The maximum atomic E-state index is 12.9. The second-order valence-corrected chi connectivity index (χ2v) is 4.44. The van der Waals surface area contributed by atoms with Crippen LogP contribution in [0.3, 0.4) is 0 Å². The highest BCUT2D eigenvalue weighted by Crippen LogP contribution is 2.29. The highest BCUT2D eigenvalue weighted by Gasteiger charge is 2.26. The summed E-state index contributed by atoms with van der Waals surface area (Å²) < 4.78 is 12.9. The third-order valence-electron chi connectivity index (χ3n) is 2.88. The number of aromatic nitrogens is 2. The highest BCUT2D eigenvalue weighted by atomic mass is 19.1. The minimum atomic E-state index is -0.394. The fourth-order valence-corrected chi connectivity index (χ4v) is 1.72. The summed E-state index contributed by atoms with van der Waals surface area (Å²) in [7, 11) is 0. The van der Waals surface area contributed by atoms with E-state index in [1.165, 1.54) is 18.3 Å². The molecule has 0 aliphatic rings. The summed E-state index contributed by atoms with van der Waals surface area (Å²) in [5.41, 5.74) is 0.982. The standard InChI is InChI=1S/C13H13FN2O/c1-13(2,9-3-5-10(14)6-4-9)12-15-7-11(8-17)16-12/h3-8H,1-2H3,(H,15,16). The molecule has 1 aromatic heterocycles. The van der Waals surface area contributed by atoms with Crippen LogP contribution in [-0.4, -0.2) is 16.3 Å². The van der Waals surface area contributed by atoms with Crippen molar-refractivity contribution in [1.82, 2.24) is 9.97 Å². The number of rotatable bonds is 3. The third kappa shape index (κ3) is 2.11. The van der Waals surface area contributed by atoms with Crippen molar-refractivity contribution in [2.75, 3.05) is 0 Å². The number of hydrogen-bond donors (Lipinski definition) is 1. The Bertz CT molecular complexity index is 529. The second kappa shape index (κ2) is 4.13. The Kier molecular flexibility index (Phi) is 2.79. The summed E-state index contributed by atoms with van der Waals surface area (Å²) in [6.07, 6.45) is 2.21. The van der Waals surface area contributed by atoms with E-state index in [1.807, 2.05) is 13.8 Å². The van der Waals surface area contributed by atoms with Gasteiger partial charge in [0.15, 0.2) is 6.29 Å². The fraction of sp³-hybridized carbons (Fsp3) is 0.231. The van der Waals surface area contributed by atoms with Crippen LogP contribution in [0.15, 0.2) is 30.5 Å². The zero-order valence-corrected chi connectivity index (χ0v) is 9.70. The van der Waals surface area contributed by atoms with Crippen LogP contribution in [0.4, 0.5) is 4.39 Å². The molecule has 2 rings (SSSR count). The molecule has 3 nitrogen and oxygen atoms in total. The molecule has 0 bridgehead atoms. The van der Waals surface area contributed by atoms with Gasteiger partial charge >= 0.3 is 0 Å². The quantitative estimate of drug-likeness (QED) is 0.827. The molecule has 0 radical (unpaired) electrons. The van der Waals surface area contributed by atoms with Crippen molar-refractivity contribution in [1.29, 1.82) is 0 Å². The molecular weight excluding hydrogens is 219 g/mol. The predicted molar refractivity (Wildman–Crippen MR) is 62.5 cm³/mol. The second-order valence-electron chi connectivity index (χ2n) is 4.44. The largest absolute Gasteiger partial charge is 0.339 e. The Labute approximate surface area is 98.7 Å². The lowest BCUT2D eigenvalue weighted by atomic mass is 9.84. The Morgan fingerprint density at radius 2 is 1.94 bits per heavy atom. The van der Waals surface area contributed by atoms with Crippen LogP contribution in [0, 0.1) is 5.82 Å². The number of carbonyl (C=O) groups excluding carboxylic acids is 1. The van der Waals surface area contributed by atoms with Gasteiger partial charge in [-0.1, -0.05) is 12.1 Å². The number of benzene rings is 1. The van der Waals surface area contributed by atoms with E-state index < -0.39 is 5.41 Å². The normalized spacial score (nSPS) is 11.5. The molecule has 1 N–H and O–H groups in total. The maximum Gasteiger partial charge on any atom is 0.167 e. The molecule has 0 aliphatic heterocycles. The smallest absolute Gasteiger partial charge is 0.167 e. The van der Waals surface area contributed by atoms with Crippen molar-refractivity contribution in [3.05, 3.63) is 53.4 Å². The molecule has 1 heterocycles. The van der Waals surface area contributed by atoms with E-state index in [2.05, 4.69) is 9.97 Å². The van der Waals surface area contributed by atoms with E-state index in [9.17, 15) is 9.18 Å². The fourth-order valence-electron chi connectivity index (χ4n) is 1.72. The van der Waals surface area contributed by atoms with Crippen molar-refractivity contribution >= 4 is 6.29 Å². The first-order chi connectivity index (χ1) is 8.04. The van der Waals surface area contributed by atoms with Gasteiger partial charge in [-0.05, 0) is 31.5 Å². The molecule has 0 saturated carbocycles. The van der Waals surface area contributed by atoms with Crippen LogP contribution in [0.5, 0.6) is 0 Å². The van der Waals surface area contributed by atoms with Crippen LogP contribution in [-0.2, 0) is 5.41 Å². The highest BCUT2D eigenvalue weighted by molar-refractivity contribution is 5.71. The van der Waals surface area contributed by atoms with Crippen LogP contribution in [0.2, 0.25) is 0 Å². The Morgan fingerprint density at radius 3 is 2.47 bits per heavy atom. The SMILES string of the molecule is CC(C)(c1ccc(F)cc1)c1ncc(C=O)[nH]1. The molecule has 1 aromatic carbocycles. The van der Waals surface area contributed by atoms with Gasteiger partial charge in [-0.3, -0.25) is 4.79 Å². The zero-order valence-electron chi connectivity index (χ0n) is 9.70. The number of nitrogens with zero attached hydrogens (tertiary/aromatic N) is 1. The van der Waals surface area contributed by atoms with Crippen molar-refractivity contribution in [3.8, 4) is 0 Å². The molecule has 0 fully saturated rings.